The Morgan fingerprint density at radius 3 is 2.46 bits per heavy atom. The number of hydrogen-bond acceptors (Lipinski definition) is 4. The number of rotatable bonds is 10. The van der Waals surface area contributed by atoms with Crippen molar-refractivity contribution in [1.82, 2.24) is 16.0 Å². The first-order valence-corrected chi connectivity index (χ1v) is 9.13. The highest BCUT2D eigenvalue weighted by Crippen LogP contribution is 2.15. The fourth-order valence-corrected chi connectivity index (χ4v) is 2.43. The normalized spacial score (nSPS) is 12.0. The maximum Gasteiger partial charge on any atom is 0.287 e. The highest BCUT2D eigenvalue weighted by atomic mass is 127. The number of carbonyl (C=O) groups is 1. The van der Waals surface area contributed by atoms with E-state index in [0.717, 1.165) is 13.0 Å². The second kappa shape index (κ2) is 14.0. The molecular weight excluding hydrogens is 471 g/mol. The van der Waals surface area contributed by atoms with E-state index in [4.69, 9.17) is 9.15 Å². The third-order valence-electron chi connectivity index (χ3n) is 3.92. The van der Waals surface area contributed by atoms with Gasteiger partial charge in [0.1, 0.15) is 0 Å². The zero-order valence-corrected chi connectivity index (χ0v) is 18.6. The summed E-state index contributed by atoms with van der Waals surface area (Å²) in [7, 11) is 1.71. The lowest BCUT2D eigenvalue weighted by atomic mass is 10.1. The molecule has 0 saturated carbocycles. The molecule has 0 aliphatic heterocycles. The number of guanidine groups is 1. The van der Waals surface area contributed by atoms with Crippen LogP contribution in [0.1, 0.15) is 35.6 Å². The zero-order valence-electron chi connectivity index (χ0n) is 16.3. The van der Waals surface area contributed by atoms with E-state index in [1.54, 1.807) is 19.2 Å². The second-order valence-corrected chi connectivity index (χ2v) is 5.94. The number of benzene rings is 1. The van der Waals surface area contributed by atoms with Crippen molar-refractivity contribution in [2.24, 2.45) is 4.99 Å². The molecule has 0 aliphatic rings. The van der Waals surface area contributed by atoms with Crippen LogP contribution < -0.4 is 16.0 Å². The molecule has 1 heterocycles. The summed E-state index contributed by atoms with van der Waals surface area (Å²) in [5.41, 5.74) is 1.18. The predicted molar refractivity (Wildman–Crippen MR) is 121 cm³/mol. The Kier molecular flexibility index (Phi) is 12.0. The van der Waals surface area contributed by atoms with Crippen molar-refractivity contribution in [2.75, 3.05) is 33.3 Å². The first-order chi connectivity index (χ1) is 13.2. The molecule has 0 saturated heterocycles. The van der Waals surface area contributed by atoms with Gasteiger partial charge in [-0.15, -0.1) is 24.0 Å². The third kappa shape index (κ3) is 8.75. The maximum atomic E-state index is 11.7. The minimum Gasteiger partial charge on any atom is -0.459 e. The van der Waals surface area contributed by atoms with Gasteiger partial charge in [0, 0.05) is 33.3 Å². The van der Waals surface area contributed by atoms with Crippen molar-refractivity contribution in [1.29, 1.82) is 0 Å². The van der Waals surface area contributed by atoms with Gasteiger partial charge in [0.25, 0.3) is 5.91 Å². The number of amides is 1. The Morgan fingerprint density at radius 1 is 1.07 bits per heavy atom. The van der Waals surface area contributed by atoms with Gasteiger partial charge in [-0.3, -0.25) is 9.79 Å². The van der Waals surface area contributed by atoms with Gasteiger partial charge >= 0.3 is 0 Å². The van der Waals surface area contributed by atoms with Gasteiger partial charge < -0.3 is 25.1 Å². The van der Waals surface area contributed by atoms with Gasteiger partial charge in [0.2, 0.25) is 0 Å². The molecule has 8 heteroatoms. The molecule has 0 bridgehead atoms. The van der Waals surface area contributed by atoms with Gasteiger partial charge in [-0.25, -0.2) is 0 Å². The van der Waals surface area contributed by atoms with Crippen LogP contribution in [0.2, 0.25) is 0 Å². The Bertz CT molecular complexity index is 693. The van der Waals surface area contributed by atoms with Crippen molar-refractivity contribution >= 4 is 35.8 Å². The van der Waals surface area contributed by atoms with Crippen molar-refractivity contribution < 1.29 is 13.9 Å². The predicted octanol–water partition coefficient (Wildman–Crippen LogP) is 2.96. The fourth-order valence-electron chi connectivity index (χ4n) is 2.43. The van der Waals surface area contributed by atoms with Crippen molar-refractivity contribution in [3.63, 3.8) is 0 Å². The lowest BCUT2D eigenvalue weighted by molar-refractivity contribution is 0.0646. The molecule has 0 aliphatic carbocycles. The van der Waals surface area contributed by atoms with Gasteiger partial charge in [0.15, 0.2) is 11.7 Å². The average molecular weight is 500 g/mol. The molecule has 1 aromatic carbocycles. The molecule has 0 fully saturated rings. The van der Waals surface area contributed by atoms with Crippen LogP contribution in [-0.2, 0) is 4.74 Å². The van der Waals surface area contributed by atoms with Crippen molar-refractivity contribution in [2.45, 2.75) is 19.4 Å². The van der Waals surface area contributed by atoms with E-state index in [0.29, 0.717) is 31.4 Å². The van der Waals surface area contributed by atoms with Crippen LogP contribution >= 0.6 is 24.0 Å². The van der Waals surface area contributed by atoms with Crippen molar-refractivity contribution in [3.8, 4) is 0 Å². The average Bonchev–Trinajstić information content (AvgIpc) is 3.24. The number of aliphatic imine (C=N–C) groups is 1. The second-order valence-electron chi connectivity index (χ2n) is 5.94. The topological polar surface area (TPSA) is 87.9 Å². The van der Waals surface area contributed by atoms with Crippen LogP contribution in [0.3, 0.4) is 0 Å². The fraction of sp³-hybridized carbons (Fsp3) is 0.400. The number of furan rings is 1. The van der Waals surface area contributed by atoms with Crippen LogP contribution in [-0.4, -0.2) is 45.2 Å². The molecule has 0 spiro atoms. The van der Waals surface area contributed by atoms with Crippen LogP contribution in [0.15, 0.2) is 58.1 Å². The lowest BCUT2D eigenvalue weighted by Gasteiger charge is -2.15. The van der Waals surface area contributed by atoms with E-state index in [2.05, 4.69) is 40.0 Å². The van der Waals surface area contributed by atoms with Crippen LogP contribution in [0, 0.1) is 0 Å². The molecule has 0 radical (unpaired) electrons. The molecular formula is C20H29IN4O3. The molecule has 1 aromatic heterocycles. The minimum absolute atomic E-state index is 0. The zero-order chi connectivity index (χ0) is 19.3. The van der Waals surface area contributed by atoms with E-state index in [-0.39, 0.29) is 36.0 Å². The van der Waals surface area contributed by atoms with Crippen LogP contribution in [0.25, 0.3) is 0 Å². The van der Waals surface area contributed by atoms with Gasteiger partial charge in [0.05, 0.1) is 12.4 Å². The van der Waals surface area contributed by atoms with Crippen molar-refractivity contribution in [3.05, 3.63) is 60.1 Å². The molecule has 2 rings (SSSR count). The van der Waals surface area contributed by atoms with E-state index < -0.39 is 0 Å². The Hall–Kier alpha value is -2.07. The van der Waals surface area contributed by atoms with E-state index in [1.807, 2.05) is 18.2 Å². The number of ether oxygens (including phenoxy) is 1. The van der Waals surface area contributed by atoms with E-state index >= 15 is 0 Å². The maximum absolute atomic E-state index is 11.7. The summed E-state index contributed by atoms with van der Waals surface area (Å²) in [6, 6.07) is 13.5. The minimum atomic E-state index is -0.227. The summed E-state index contributed by atoms with van der Waals surface area (Å²) in [5.74, 6) is 0.773. The summed E-state index contributed by atoms with van der Waals surface area (Å²) >= 11 is 0. The molecule has 1 unspecified atom stereocenters. The monoisotopic (exact) mass is 500 g/mol. The molecule has 28 heavy (non-hydrogen) atoms. The SMILES string of the molecule is CN=C(NCCCOC(C)c1ccccc1)NCCNC(=O)c1ccco1.I. The van der Waals surface area contributed by atoms with Gasteiger partial charge in [-0.1, -0.05) is 30.3 Å². The summed E-state index contributed by atoms with van der Waals surface area (Å²) < 4.78 is 10.9. The number of nitrogens with one attached hydrogen (secondary N) is 3. The third-order valence-corrected chi connectivity index (χ3v) is 3.92. The quantitative estimate of drug-likeness (QED) is 0.202. The molecule has 1 amide bonds. The van der Waals surface area contributed by atoms with Crippen LogP contribution in [0.4, 0.5) is 0 Å². The highest BCUT2D eigenvalue weighted by molar-refractivity contribution is 14.0. The highest BCUT2D eigenvalue weighted by Gasteiger charge is 2.07. The summed E-state index contributed by atoms with van der Waals surface area (Å²) in [6.07, 6.45) is 2.43. The standard InChI is InChI=1S/C20H28N4O3.HI/c1-16(17-8-4-3-5-9-17)26-15-7-11-23-20(21-2)24-13-12-22-19(25)18-10-6-14-27-18;/h3-6,8-10,14,16H,7,11-13,15H2,1-2H3,(H,22,25)(H2,21,23,24);1H. The Morgan fingerprint density at radius 2 is 1.79 bits per heavy atom. The Balaban J connectivity index is 0.00000392. The number of nitrogens with zero attached hydrogens (tertiary/aromatic N) is 1. The number of halogens is 1. The van der Waals surface area contributed by atoms with Gasteiger partial charge in [-0.2, -0.15) is 0 Å². The molecule has 1 atom stereocenters. The number of hydrogen-bond donors (Lipinski definition) is 3. The number of carbonyl (C=O) groups excluding carboxylic acids is 1. The molecule has 3 N–H and O–H groups in total. The molecule has 2 aromatic rings. The smallest absolute Gasteiger partial charge is 0.287 e. The summed E-state index contributed by atoms with van der Waals surface area (Å²) in [6.45, 7) is 4.51. The molecule has 154 valence electrons. The van der Waals surface area contributed by atoms with Gasteiger partial charge in [-0.05, 0) is 31.0 Å². The first kappa shape index (κ1) is 24.0. The molecule has 7 nitrogen and oxygen atoms in total. The summed E-state index contributed by atoms with van der Waals surface area (Å²) in [5, 5.41) is 9.15. The largest absolute Gasteiger partial charge is 0.459 e. The van der Waals surface area contributed by atoms with E-state index in [1.165, 1.54) is 11.8 Å². The van der Waals surface area contributed by atoms with E-state index in [9.17, 15) is 4.79 Å². The lowest BCUT2D eigenvalue weighted by Crippen LogP contribution is -2.41. The Labute approximate surface area is 183 Å². The summed E-state index contributed by atoms with van der Waals surface area (Å²) in [4.78, 5) is 15.9. The first-order valence-electron chi connectivity index (χ1n) is 9.13. The van der Waals surface area contributed by atoms with Crippen LogP contribution in [0.5, 0.6) is 0 Å².